The van der Waals surface area contributed by atoms with E-state index >= 15 is 0 Å². The van der Waals surface area contributed by atoms with Gasteiger partial charge < -0.3 is 15.2 Å². The van der Waals surface area contributed by atoms with Crippen LogP contribution in [-0.4, -0.2) is 19.2 Å². The lowest BCUT2D eigenvalue weighted by molar-refractivity contribution is 0.355. The van der Waals surface area contributed by atoms with Crippen LogP contribution in [0.15, 0.2) is 36.5 Å². The lowest BCUT2D eigenvalue weighted by Crippen LogP contribution is -1.92. The van der Waals surface area contributed by atoms with E-state index in [2.05, 4.69) is 4.98 Å². The zero-order chi connectivity index (χ0) is 12.3. The molecule has 4 nitrogen and oxygen atoms in total. The van der Waals surface area contributed by atoms with Gasteiger partial charge in [-0.15, -0.1) is 0 Å². The van der Waals surface area contributed by atoms with Gasteiger partial charge >= 0.3 is 0 Å². The maximum absolute atomic E-state index is 5.73. The van der Waals surface area contributed by atoms with Crippen molar-refractivity contribution in [1.29, 1.82) is 0 Å². The Morgan fingerprint density at radius 2 is 1.76 bits per heavy atom. The van der Waals surface area contributed by atoms with Gasteiger partial charge in [0.2, 0.25) is 0 Å². The Morgan fingerprint density at radius 1 is 1.00 bits per heavy atom. The van der Waals surface area contributed by atoms with Crippen molar-refractivity contribution in [2.75, 3.05) is 20.0 Å². The van der Waals surface area contributed by atoms with Crippen LogP contribution in [0.3, 0.4) is 0 Å². The van der Waals surface area contributed by atoms with Crippen LogP contribution < -0.4 is 15.2 Å². The first-order valence-corrected chi connectivity index (χ1v) is 5.18. The summed E-state index contributed by atoms with van der Waals surface area (Å²) in [6.45, 7) is 0. The molecule has 0 aliphatic rings. The molecule has 1 aromatic heterocycles. The van der Waals surface area contributed by atoms with Crippen molar-refractivity contribution in [3.63, 3.8) is 0 Å². The van der Waals surface area contributed by atoms with Crippen LogP contribution in [0.4, 0.5) is 5.69 Å². The molecule has 0 radical (unpaired) electrons. The van der Waals surface area contributed by atoms with Crippen molar-refractivity contribution in [2.24, 2.45) is 0 Å². The standard InChI is InChI=1S/C13H14N2O2/c1-16-12-4-3-9(7-13(12)17-2)11-8-10(14)5-6-15-11/h3-8H,1-2H3,(H2,14,15). The molecule has 0 amide bonds. The van der Waals surface area contributed by atoms with Gasteiger partial charge in [0.15, 0.2) is 11.5 Å². The summed E-state index contributed by atoms with van der Waals surface area (Å²) in [5.74, 6) is 1.37. The monoisotopic (exact) mass is 230 g/mol. The molecule has 88 valence electrons. The van der Waals surface area contributed by atoms with Gasteiger partial charge in [-0.1, -0.05) is 0 Å². The third-order valence-corrected chi connectivity index (χ3v) is 2.46. The molecule has 0 spiro atoms. The molecule has 4 heteroatoms. The van der Waals surface area contributed by atoms with Gasteiger partial charge in [-0.25, -0.2) is 0 Å². The number of hydrogen-bond donors (Lipinski definition) is 1. The molecule has 0 saturated carbocycles. The molecule has 2 rings (SSSR count). The van der Waals surface area contributed by atoms with E-state index in [-0.39, 0.29) is 0 Å². The molecule has 2 aromatic rings. The van der Waals surface area contributed by atoms with Crippen molar-refractivity contribution < 1.29 is 9.47 Å². The molecule has 0 bridgehead atoms. The van der Waals surface area contributed by atoms with Crippen molar-refractivity contribution in [1.82, 2.24) is 4.98 Å². The zero-order valence-electron chi connectivity index (χ0n) is 9.81. The topological polar surface area (TPSA) is 57.4 Å². The largest absolute Gasteiger partial charge is 0.493 e. The second-order valence-corrected chi connectivity index (χ2v) is 3.54. The van der Waals surface area contributed by atoms with E-state index in [1.807, 2.05) is 24.3 Å². The molecule has 0 saturated heterocycles. The van der Waals surface area contributed by atoms with E-state index in [4.69, 9.17) is 15.2 Å². The second kappa shape index (κ2) is 4.74. The Bertz CT molecular complexity index is 527. The zero-order valence-corrected chi connectivity index (χ0v) is 9.81. The molecule has 0 aliphatic carbocycles. The van der Waals surface area contributed by atoms with Gasteiger partial charge in [0, 0.05) is 17.4 Å². The number of aromatic nitrogens is 1. The van der Waals surface area contributed by atoms with Crippen LogP contribution in [0.25, 0.3) is 11.3 Å². The highest BCUT2D eigenvalue weighted by molar-refractivity contribution is 5.66. The van der Waals surface area contributed by atoms with Crippen molar-refractivity contribution in [2.45, 2.75) is 0 Å². The van der Waals surface area contributed by atoms with Crippen LogP contribution in [0.5, 0.6) is 11.5 Å². The Balaban J connectivity index is 2.46. The number of methoxy groups -OCH3 is 2. The minimum Gasteiger partial charge on any atom is -0.493 e. The molecule has 0 fully saturated rings. The predicted octanol–water partition coefficient (Wildman–Crippen LogP) is 2.35. The Kier molecular flexibility index (Phi) is 3.14. The third-order valence-electron chi connectivity index (χ3n) is 2.46. The Hall–Kier alpha value is -2.23. The maximum Gasteiger partial charge on any atom is 0.161 e. The summed E-state index contributed by atoms with van der Waals surface area (Å²) in [6, 6.07) is 9.22. The molecule has 1 heterocycles. The van der Waals surface area contributed by atoms with Crippen molar-refractivity contribution >= 4 is 5.69 Å². The van der Waals surface area contributed by atoms with Gasteiger partial charge in [-0.2, -0.15) is 0 Å². The minimum absolute atomic E-state index is 0.675. The van der Waals surface area contributed by atoms with Crippen LogP contribution in [0.1, 0.15) is 0 Å². The Morgan fingerprint density at radius 3 is 2.41 bits per heavy atom. The van der Waals surface area contributed by atoms with E-state index < -0.39 is 0 Å². The van der Waals surface area contributed by atoms with Crippen LogP contribution in [-0.2, 0) is 0 Å². The molecule has 2 N–H and O–H groups in total. The first kappa shape index (κ1) is 11.3. The quantitative estimate of drug-likeness (QED) is 0.879. The molecule has 17 heavy (non-hydrogen) atoms. The number of hydrogen-bond acceptors (Lipinski definition) is 4. The molecule has 1 aromatic carbocycles. The van der Waals surface area contributed by atoms with Crippen LogP contribution >= 0.6 is 0 Å². The smallest absolute Gasteiger partial charge is 0.161 e. The molecular weight excluding hydrogens is 216 g/mol. The summed E-state index contributed by atoms with van der Waals surface area (Å²) in [5, 5.41) is 0. The summed E-state index contributed by atoms with van der Waals surface area (Å²) in [5.41, 5.74) is 8.16. The lowest BCUT2D eigenvalue weighted by atomic mass is 10.1. The first-order valence-electron chi connectivity index (χ1n) is 5.18. The highest BCUT2D eigenvalue weighted by Crippen LogP contribution is 2.31. The van der Waals surface area contributed by atoms with Gasteiger partial charge in [0.1, 0.15) is 0 Å². The van der Waals surface area contributed by atoms with E-state index in [1.165, 1.54) is 0 Å². The number of nitrogen functional groups attached to an aromatic ring is 1. The van der Waals surface area contributed by atoms with Crippen LogP contribution in [0, 0.1) is 0 Å². The summed E-state index contributed by atoms with van der Waals surface area (Å²) < 4.78 is 10.4. The van der Waals surface area contributed by atoms with E-state index in [9.17, 15) is 0 Å². The molecule has 0 unspecified atom stereocenters. The summed E-state index contributed by atoms with van der Waals surface area (Å²) in [7, 11) is 3.21. The second-order valence-electron chi connectivity index (χ2n) is 3.54. The van der Waals surface area contributed by atoms with Crippen molar-refractivity contribution in [3.8, 4) is 22.8 Å². The maximum atomic E-state index is 5.73. The number of pyridine rings is 1. The predicted molar refractivity (Wildman–Crippen MR) is 67.2 cm³/mol. The number of rotatable bonds is 3. The fourth-order valence-electron chi connectivity index (χ4n) is 1.60. The van der Waals surface area contributed by atoms with Gasteiger partial charge in [-0.05, 0) is 30.3 Å². The van der Waals surface area contributed by atoms with Crippen molar-refractivity contribution in [3.05, 3.63) is 36.5 Å². The summed E-state index contributed by atoms with van der Waals surface area (Å²) in [4.78, 5) is 4.26. The average Bonchev–Trinajstić information content (AvgIpc) is 2.38. The lowest BCUT2D eigenvalue weighted by Gasteiger charge is -2.09. The van der Waals surface area contributed by atoms with Crippen LogP contribution in [0.2, 0.25) is 0 Å². The number of ether oxygens (including phenoxy) is 2. The first-order chi connectivity index (χ1) is 8.24. The van der Waals surface area contributed by atoms with E-state index in [0.717, 1.165) is 11.3 Å². The number of nitrogens with two attached hydrogens (primary N) is 1. The molecular formula is C13H14N2O2. The van der Waals surface area contributed by atoms with Gasteiger partial charge in [0.05, 0.1) is 19.9 Å². The normalized spacial score (nSPS) is 10.0. The third kappa shape index (κ3) is 2.30. The Labute approximate surface area is 100 Å². The van der Waals surface area contributed by atoms with Gasteiger partial charge in [0.25, 0.3) is 0 Å². The number of benzene rings is 1. The average molecular weight is 230 g/mol. The van der Waals surface area contributed by atoms with E-state index in [0.29, 0.717) is 17.2 Å². The summed E-state index contributed by atoms with van der Waals surface area (Å²) in [6.07, 6.45) is 1.68. The summed E-state index contributed by atoms with van der Waals surface area (Å²) >= 11 is 0. The molecule has 0 aliphatic heterocycles. The van der Waals surface area contributed by atoms with Gasteiger partial charge in [-0.3, -0.25) is 4.98 Å². The SMILES string of the molecule is COc1ccc(-c2cc(N)ccn2)cc1OC. The van der Waals surface area contributed by atoms with E-state index in [1.54, 1.807) is 26.5 Å². The molecule has 0 atom stereocenters. The fourth-order valence-corrected chi connectivity index (χ4v) is 1.60. The number of nitrogens with zero attached hydrogens (tertiary/aromatic N) is 1. The minimum atomic E-state index is 0.675. The number of anilines is 1. The highest BCUT2D eigenvalue weighted by Gasteiger charge is 2.06. The highest BCUT2D eigenvalue weighted by atomic mass is 16.5. The fraction of sp³-hybridized carbons (Fsp3) is 0.154.